The molecule has 0 aliphatic heterocycles. The zero-order chi connectivity index (χ0) is 10.6. The van der Waals surface area contributed by atoms with E-state index < -0.39 is 0 Å². The van der Waals surface area contributed by atoms with Crippen molar-refractivity contribution in [2.75, 3.05) is 11.9 Å². The van der Waals surface area contributed by atoms with Crippen LogP contribution >= 0.6 is 0 Å². The minimum absolute atomic E-state index is 0.201. The van der Waals surface area contributed by atoms with Gasteiger partial charge < -0.3 is 4.90 Å². The van der Waals surface area contributed by atoms with Gasteiger partial charge in [0.2, 0.25) is 0 Å². The molecular formula is C10H11N3O. The van der Waals surface area contributed by atoms with E-state index in [9.17, 15) is 4.79 Å². The molecular weight excluding hydrogens is 178 g/mol. The first kappa shape index (κ1) is 10.1. The summed E-state index contributed by atoms with van der Waals surface area (Å²) in [5.41, 5.74) is 1.03. The number of nitrogens with zero attached hydrogens (tertiary/aromatic N) is 3. The van der Waals surface area contributed by atoms with E-state index in [2.05, 4.69) is 23.4 Å². The van der Waals surface area contributed by atoms with Crippen molar-refractivity contribution in [2.45, 2.75) is 0 Å². The Kier molecular flexibility index (Phi) is 3.12. The highest BCUT2D eigenvalue weighted by molar-refractivity contribution is 6.06. The van der Waals surface area contributed by atoms with Crippen LogP contribution in [0.2, 0.25) is 0 Å². The van der Waals surface area contributed by atoms with Crippen LogP contribution in [0.1, 0.15) is 0 Å². The Hall–Kier alpha value is -1.97. The first-order valence-corrected chi connectivity index (χ1v) is 4.03. The first-order valence-electron chi connectivity index (χ1n) is 4.03. The van der Waals surface area contributed by atoms with Crippen molar-refractivity contribution in [3.63, 3.8) is 0 Å². The second kappa shape index (κ2) is 4.32. The van der Waals surface area contributed by atoms with Crippen LogP contribution in [0.3, 0.4) is 0 Å². The van der Waals surface area contributed by atoms with Crippen LogP contribution in [-0.2, 0) is 4.79 Å². The normalized spacial score (nSPS) is 9.21. The van der Waals surface area contributed by atoms with E-state index in [1.807, 2.05) is 0 Å². The average molecular weight is 189 g/mol. The van der Waals surface area contributed by atoms with E-state index in [4.69, 9.17) is 0 Å². The summed E-state index contributed by atoms with van der Waals surface area (Å²) in [6.07, 6.45) is 4.46. The lowest BCUT2D eigenvalue weighted by molar-refractivity contribution is -0.114. The number of likely N-dealkylation sites (N-methyl/N-ethyl adjacent to an activating group) is 1. The maximum atomic E-state index is 11.6. The predicted molar refractivity (Wildman–Crippen MR) is 54.8 cm³/mol. The number of rotatable bonds is 3. The molecule has 1 aromatic heterocycles. The molecule has 4 nitrogen and oxygen atoms in total. The summed E-state index contributed by atoms with van der Waals surface area (Å²) < 4.78 is 0. The fraction of sp³-hybridized carbons (Fsp3) is 0.100. The summed E-state index contributed by atoms with van der Waals surface area (Å²) in [5.74, 6) is -0.201. The molecule has 0 atom stereocenters. The average Bonchev–Trinajstić information content (AvgIpc) is 2.27. The molecule has 0 aliphatic rings. The topological polar surface area (TPSA) is 46.1 Å². The number of hydrogen-bond donors (Lipinski definition) is 0. The van der Waals surface area contributed by atoms with Gasteiger partial charge in [-0.1, -0.05) is 19.2 Å². The minimum atomic E-state index is -0.201. The highest BCUT2D eigenvalue weighted by atomic mass is 16.2. The van der Waals surface area contributed by atoms with Crippen molar-refractivity contribution in [3.8, 4) is 0 Å². The summed E-state index contributed by atoms with van der Waals surface area (Å²) in [5, 5.41) is 7.30. The smallest absolute Gasteiger partial charge is 0.257 e. The van der Waals surface area contributed by atoms with Gasteiger partial charge in [0.1, 0.15) is 0 Å². The molecule has 72 valence electrons. The third-order valence-corrected chi connectivity index (χ3v) is 1.78. The van der Waals surface area contributed by atoms with Crippen LogP contribution in [0.25, 0.3) is 0 Å². The van der Waals surface area contributed by atoms with E-state index >= 15 is 0 Å². The lowest BCUT2D eigenvalue weighted by atomic mass is 10.2. The second-order valence-corrected chi connectivity index (χ2v) is 2.69. The van der Waals surface area contributed by atoms with Gasteiger partial charge in [0.15, 0.2) is 0 Å². The second-order valence-electron chi connectivity index (χ2n) is 2.69. The quantitative estimate of drug-likeness (QED) is 0.530. The molecule has 0 aliphatic carbocycles. The molecule has 1 rings (SSSR count). The van der Waals surface area contributed by atoms with Crippen molar-refractivity contribution < 1.29 is 4.79 Å². The maximum absolute atomic E-state index is 11.6. The minimum Gasteiger partial charge on any atom is -0.310 e. The van der Waals surface area contributed by atoms with Crippen LogP contribution in [0.4, 0.5) is 5.69 Å². The monoisotopic (exact) mass is 189 g/mol. The third-order valence-electron chi connectivity index (χ3n) is 1.78. The Morgan fingerprint density at radius 1 is 1.57 bits per heavy atom. The van der Waals surface area contributed by atoms with Crippen molar-refractivity contribution in [1.82, 2.24) is 10.2 Å². The van der Waals surface area contributed by atoms with Crippen molar-refractivity contribution >= 4 is 11.6 Å². The molecule has 0 radical (unpaired) electrons. The molecule has 0 fully saturated rings. The number of carbonyl (C=O) groups is 1. The Labute approximate surface area is 82.6 Å². The molecule has 4 heteroatoms. The van der Waals surface area contributed by atoms with Gasteiger partial charge in [-0.25, -0.2) is 0 Å². The van der Waals surface area contributed by atoms with Gasteiger partial charge in [-0.05, 0) is 6.07 Å². The zero-order valence-electron chi connectivity index (χ0n) is 7.97. The molecule has 1 amide bonds. The van der Waals surface area contributed by atoms with Gasteiger partial charge >= 0.3 is 0 Å². The Balaban J connectivity index is 2.86. The summed E-state index contributed by atoms with van der Waals surface area (Å²) >= 11 is 0. The molecule has 0 saturated heterocycles. The number of anilines is 1. The van der Waals surface area contributed by atoms with Crippen LogP contribution < -0.4 is 4.90 Å². The van der Waals surface area contributed by atoms with Gasteiger partial charge in [0, 0.05) is 12.6 Å². The molecule has 0 spiro atoms. The molecule has 0 N–H and O–H groups in total. The van der Waals surface area contributed by atoms with Gasteiger partial charge in [0.25, 0.3) is 5.91 Å². The van der Waals surface area contributed by atoms with E-state index in [0.29, 0.717) is 11.3 Å². The molecule has 0 unspecified atom stereocenters. The van der Waals surface area contributed by atoms with Crippen LogP contribution in [0, 0.1) is 0 Å². The molecule has 14 heavy (non-hydrogen) atoms. The predicted octanol–water partition coefficient (Wildman–Crippen LogP) is 1.18. The fourth-order valence-electron chi connectivity index (χ4n) is 0.902. The highest BCUT2D eigenvalue weighted by Crippen LogP contribution is 2.11. The van der Waals surface area contributed by atoms with E-state index in [-0.39, 0.29) is 5.91 Å². The molecule has 0 bridgehead atoms. The third kappa shape index (κ3) is 2.04. The molecule has 1 heterocycles. The van der Waals surface area contributed by atoms with Crippen molar-refractivity contribution in [1.29, 1.82) is 0 Å². The summed E-state index contributed by atoms with van der Waals surface area (Å²) in [4.78, 5) is 13.0. The number of carbonyl (C=O) groups excluding carboxylic acids is 1. The van der Waals surface area contributed by atoms with Crippen LogP contribution in [0.5, 0.6) is 0 Å². The van der Waals surface area contributed by atoms with Gasteiger partial charge in [-0.3, -0.25) is 4.79 Å². The van der Waals surface area contributed by atoms with E-state index in [1.54, 1.807) is 13.1 Å². The van der Waals surface area contributed by atoms with Gasteiger partial charge in [-0.15, -0.1) is 0 Å². The lowest BCUT2D eigenvalue weighted by Crippen LogP contribution is -2.26. The number of hydrogen-bond acceptors (Lipinski definition) is 3. The Morgan fingerprint density at radius 2 is 2.29 bits per heavy atom. The number of amides is 1. The number of aromatic nitrogens is 2. The highest BCUT2D eigenvalue weighted by Gasteiger charge is 2.11. The van der Waals surface area contributed by atoms with Crippen LogP contribution in [-0.4, -0.2) is 23.2 Å². The first-order chi connectivity index (χ1) is 6.66. The van der Waals surface area contributed by atoms with Gasteiger partial charge in [0.05, 0.1) is 18.1 Å². The molecule has 1 aromatic rings. The fourth-order valence-corrected chi connectivity index (χ4v) is 0.902. The Bertz CT molecular complexity index is 359. The van der Waals surface area contributed by atoms with Gasteiger partial charge in [-0.2, -0.15) is 10.2 Å². The summed E-state index contributed by atoms with van der Waals surface area (Å²) in [6, 6.07) is 1.70. The lowest BCUT2D eigenvalue weighted by Gasteiger charge is -2.16. The zero-order valence-corrected chi connectivity index (χ0v) is 7.97. The molecule has 0 aromatic carbocycles. The van der Waals surface area contributed by atoms with Crippen molar-refractivity contribution in [3.05, 3.63) is 43.3 Å². The summed E-state index contributed by atoms with van der Waals surface area (Å²) in [6.45, 7) is 7.06. The molecule has 0 saturated carbocycles. The van der Waals surface area contributed by atoms with Crippen LogP contribution in [0.15, 0.2) is 43.3 Å². The van der Waals surface area contributed by atoms with E-state index in [1.165, 1.54) is 23.4 Å². The summed E-state index contributed by atoms with van der Waals surface area (Å²) in [7, 11) is 1.65. The Morgan fingerprint density at radius 3 is 2.79 bits per heavy atom. The van der Waals surface area contributed by atoms with E-state index in [0.717, 1.165) is 0 Å². The SMILES string of the molecule is C=CC(=C)C(=O)N(C)c1ccnnc1. The van der Waals surface area contributed by atoms with Crippen molar-refractivity contribution in [2.24, 2.45) is 0 Å². The maximum Gasteiger partial charge on any atom is 0.257 e. The standard InChI is InChI=1S/C10H11N3O/c1-4-8(2)10(14)13(3)9-5-6-11-12-7-9/h4-7H,1-2H2,3H3. The largest absolute Gasteiger partial charge is 0.310 e.